The summed E-state index contributed by atoms with van der Waals surface area (Å²) in [4.78, 5) is 4.88. The molecule has 1 unspecified atom stereocenters. The first-order valence-electron chi connectivity index (χ1n) is 23.3. The largest absolute Gasteiger partial charge is 0.341 e. The van der Waals surface area contributed by atoms with Gasteiger partial charge in [-0.2, -0.15) is 0 Å². The summed E-state index contributed by atoms with van der Waals surface area (Å²) in [6, 6.07) is 61.3. The van der Waals surface area contributed by atoms with Crippen LogP contribution in [0.5, 0.6) is 0 Å². The Morgan fingerprint density at radius 1 is 0.597 bits per heavy atom. The molecule has 0 fully saturated rings. The lowest BCUT2D eigenvalue weighted by Crippen LogP contribution is -2.39. The molecule has 2 heterocycles. The number of fused-ring (bicyclic) bond motifs is 6. The van der Waals surface area contributed by atoms with Gasteiger partial charge in [0.15, 0.2) is 0 Å². The van der Waals surface area contributed by atoms with Gasteiger partial charge in [0.05, 0.1) is 28.1 Å². The van der Waals surface area contributed by atoms with E-state index in [4.69, 9.17) is 0 Å². The zero-order valence-corrected chi connectivity index (χ0v) is 38.9. The highest BCUT2D eigenvalue weighted by Crippen LogP contribution is 2.41. The fourth-order valence-electron chi connectivity index (χ4n) is 10.1. The summed E-state index contributed by atoms with van der Waals surface area (Å²) in [7, 11) is 0. The van der Waals surface area contributed by atoms with Crippen molar-refractivity contribution < 1.29 is 0 Å². The molecule has 10 rings (SSSR count). The van der Waals surface area contributed by atoms with Crippen LogP contribution in [0.4, 0.5) is 11.4 Å². The first kappa shape index (κ1) is 42.8. The van der Waals surface area contributed by atoms with Crippen LogP contribution in [0.15, 0.2) is 248 Å². The minimum absolute atomic E-state index is 0.0855. The van der Waals surface area contributed by atoms with Crippen LogP contribution in [0.2, 0.25) is 0 Å². The first-order valence-corrected chi connectivity index (χ1v) is 23.3. The molecule has 0 N–H and O–H groups in total. The van der Waals surface area contributed by atoms with Crippen molar-refractivity contribution in [3.63, 3.8) is 0 Å². The Balaban J connectivity index is 0.967. The molecule has 0 spiro atoms. The van der Waals surface area contributed by atoms with Crippen LogP contribution in [-0.2, 0) is 0 Å². The maximum absolute atomic E-state index is 4.59. The first-order chi connectivity index (χ1) is 32.8. The van der Waals surface area contributed by atoms with Gasteiger partial charge in [-0.25, -0.2) is 0 Å². The Kier molecular flexibility index (Phi) is 11.8. The second-order valence-corrected chi connectivity index (χ2v) is 17.6. The maximum Gasteiger partial charge on any atom is 0.0606 e. The van der Waals surface area contributed by atoms with Gasteiger partial charge < -0.3 is 18.9 Å². The number of rotatable bonds is 13. The zero-order valence-electron chi connectivity index (χ0n) is 38.9. The molecule has 1 aliphatic rings. The molecule has 4 nitrogen and oxygen atoms in total. The number of nitrogens with zero attached hydrogens (tertiary/aromatic N) is 4. The molecule has 1 atom stereocenters. The van der Waals surface area contributed by atoms with Crippen molar-refractivity contribution in [2.24, 2.45) is 0 Å². The molecule has 67 heavy (non-hydrogen) atoms. The topological polar surface area (TPSA) is 16.3 Å². The van der Waals surface area contributed by atoms with Crippen molar-refractivity contribution in [2.75, 3.05) is 16.3 Å². The molecule has 0 saturated carbocycles. The number of hydrogen-bond donors (Lipinski definition) is 0. The van der Waals surface area contributed by atoms with Crippen LogP contribution in [0.3, 0.4) is 0 Å². The lowest BCUT2D eigenvalue weighted by Gasteiger charge is -2.40. The van der Waals surface area contributed by atoms with E-state index in [9.17, 15) is 0 Å². The predicted molar refractivity (Wildman–Crippen MR) is 289 cm³/mol. The number of allylic oxidation sites excluding steroid dienone is 8. The second-order valence-electron chi connectivity index (χ2n) is 17.6. The molecule has 1 aliphatic carbocycles. The maximum atomic E-state index is 4.59. The van der Waals surface area contributed by atoms with Crippen LogP contribution >= 0.6 is 0 Å². The highest BCUT2D eigenvalue weighted by atomic mass is 15.2. The third-order valence-electron chi connectivity index (χ3n) is 13.4. The summed E-state index contributed by atoms with van der Waals surface area (Å²) in [5.41, 5.74) is 17.5. The molecule has 328 valence electrons. The smallest absolute Gasteiger partial charge is 0.0606 e. The highest BCUT2D eigenvalue weighted by molar-refractivity contribution is 6.19. The number of hydrogen-bond acceptors (Lipinski definition) is 2. The number of para-hydroxylation sites is 5. The van der Waals surface area contributed by atoms with E-state index in [-0.39, 0.29) is 6.04 Å². The fourth-order valence-corrected chi connectivity index (χ4v) is 10.1. The fraction of sp³-hybridized carbons (Fsp3) is 0.111. The molecule has 0 amide bonds. The lowest BCUT2D eigenvalue weighted by molar-refractivity contribution is 0.675. The van der Waals surface area contributed by atoms with Crippen molar-refractivity contribution in [2.45, 2.75) is 40.2 Å². The van der Waals surface area contributed by atoms with Gasteiger partial charge in [-0.15, -0.1) is 0 Å². The Morgan fingerprint density at radius 3 is 1.82 bits per heavy atom. The quantitative estimate of drug-likeness (QED) is 0.107. The summed E-state index contributed by atoms with van der Waals surface area (Å²) < 4.78 is 4.81. The van der Waals surface area contributed by atoms with Gasteiger partial charge in [0.25, 0.3) is 0 Å². The summed E-state index contributed by atoms with van der Waals surface area (Å²) in [5, 5.41) is 4.99. The average molecular weight is 869 g/mol. The van der Waals surface area contributed by atoms with Crippen LogP contribution in [0.25, 0.3) is 60.6 Å². The number of aryl methyl sites for hydroxylation is 1. The van der Waals surface area contributed by atoms with E-state index < -0.39 is 0 Å². The standard InChI is InChI=1S/C63H56N4/c1-7-8-11-25-48(6)65(50-26-12-9-13-27-50)61-42-60(46(4)40-47(61)5)64(57-32-19-16-23-45(57)3)39-22-24-44(2)49-35-37-52(38-36-49)67-59-34-21-18-31-54(59)56-41-55-53-30-17-20-33-58(53)66(62(55)43-63(56)67)51-28-14-10-15-29-51/h7-38,40-41,43,61H,2,6,39,42H2,1,3-5H3/b8-7-,24-22-,25-11-. The van der Waals surface area contributed by atoms with Crippen LogP contribution in [-0.4, -0.2) is 21.7 Å². The van der Waals surface area contributed by atoms with Gasteiger partial charge >= 0.3 is 0 Å². The zero-order chi connectivity index (χ0) is 46.0. The van der Waals surface area contributed by atoms with Crippen LogP contribution in [0.1, 0.15) is 38.3 Å². The van der Waals surface area contributed by atoms with E-state index >= 15 is 0 Å². The summed E-state index contributed by atoms with van der Waals surface area (Å²) >= 11 is 0. The average Bonchev–Trinajstić information content (AvgIpc) is 3.86. The third-order valence-corrected chi connectivity index (χ3v) is 13.4. The van der Waals surface area contributed by atoms with E-state index in [1.165, 1.54) is 71.7 Å². The molecule has 0 aliphatic heterocycles. The molecular weight excluding hydrogens is 813 g/mol. The van der Waals surface area contributed by atoms with Crippen molar-refractivity contribution >= 4 is 60.6 Å². The minimum Gasteiger partial charge on any atom is -0.341 e. The van der Waals surface area contributed by atoms with Crippen molar-refractivity contribution in [3.05, 3.63) is 259 Å². The van der Waals surface area contributed by atoms with E-state index in [2.05, 4.69) is 259 Å². The Morgan fingerprint density at radius 2 is 1.18 bits per heavy atom. The van der Waals surface area contributed by atoms with E-state index in [1.54, 1.807) is 0 Å². The number of anilines is 2. The lowest BCUT2D eigenvalue weighted by atomic mass is 9.90. The summed E-state index contributed by atoms with van der Waals surface area (Å²) in [6.07, 6.45) is 15.9. The molecule has 0 radical (unpaired) electrons. The van der Waals surface area contributed by atoms with E-state index in [1.807, 2.05) is 13.0 Å². The van der Waals surface area contributed by atoms with Gasteiger partial charge in [-0.3, -0.25) is 0 Å². The molecule has 9 aromatic rings. The monoisotopic (exact) mass is 868 g/mol. The van der Waals surface area contributed by atoms with Gasteiger partial charge in [-0.1, -0.05) is 153 Å². The number of benzene rings is 7. The summed E-state index contributed by atoms with van der Waals surface area (Å²) in [6.45, 7) is 18.6. The Hall–Kier alpha value is -8.08. The second kappa shape index (κ2) is 18.4. The molecule has 4 heteroatoms. The SMILES string of the molecule is C=C(/C=C\CN(C1=C(C)C=C(C)C(N(C(=C)/C=C\C=C/C)c2ccccc2)C1)c1ccccc1C)c1ccc(-n2c3ccccc3c3cc4c5ccccc5n(-c5ccccc5)c4cc32)cc1. The van der Waals surface area contributed by atoms with E-state index in [0.29, 0.717) is 6.54 Å². The van der Waals surface area contributed by atoms with Crippen molar-refractivity contribution in [1.29, 1.82) is 0 Å². The van der Waals surface area contributed by atoms with Gasteiger partial charge in [0.1, 0.15) is 0 Å². The molecular formula is C63H56N4. The Labute approximate surface area is 395 Å². The predicted octanol–water partition coefficient (Wildman–Crippen LogP) is 16.4. The minimum atomic E-state index is 0.0855. The Bertz CT molecular complexity index is 3480. The highest BCUT2D eigenvalue weighted by Gasteiger charge is 2.30. The molecule has 2 aromatic heterocycles. The van der Waals surface area contributed by atoms with Gasteiger partial charge in [0.2, 0.25) is 0 Å². The molecule has 0 bridgehead atoms. The van der Waals surface area contributed by atoms with Crippen LogP contribution < -0.4 is 9.80 Å². The van der Waals surface area contributed by atoms with Crippen molar-refractivity contribution in [1.82, 2.24) is 9.13 Å². The normalized spacial score (nSPS) is 14.4. The van der Waals surface area contributed by atoms with E-state index in [0.717, 1.165) is 40.3 Å². The van der Waals surface area contributed by atoms with Gasteiger partial charge in [-0.05, 0) is 128 Å². The summed E-state index contributed by atoms with van der Waals surface area (Å²) in [5.74, 6) is 0. The third kappa shape index (κ3) is 8.06. The number of aromatic nitrogens is 2. The molecule has 7 aromatic carbocycles. The van der Waals surface area contributed by atoms with Crippen molar-refractivity contribution in [3.8, 4) is 11.4 Å². The van der Waals surface area contributed by atoms with Crippen LogP contribution in [0, 0.1) is 6.92 Å². The van der Waals surface area contributed by atoms with Gasteiger partial charge in [0, 0.05) is 68.7 Å². The molecule has 0 saturated heterocycles.